The zero-order valence-electron chi connectivity index (χ0n) is 81.0. The molecule has 0 spiro atoms. The van der Waals surface area contributed by atoms with Crippen LogP contribution in [0.5, 0.6) is 40.4 Å². The van der Waals surface area contributed by atoms with Crippen LogP contribution in [0.3, 0.4) is 0 Å². The van der Waals surface area contributed by atoms with Crippen molar-refractivity contribution in [2.45, 2.75) is 53.1 Å². The third kappa shape index (κ3) is 30.3. The molecule has 1 atom stereocenters. The van der Waals surface area contributed by atoms with Gasteiger partial charge < -0.3 is 133 Å². The highest BCUT2D eigenvalue weighted by Crippen LogP contribution is 2.46. The molecule has 14 rings (SSSR count). The van der Waals surface area contributed by atoms with Gasteiger partial charge in [0.25, 0.3) is 29.5 Å². The van der Waals surface area contributed by atoms with E-state index in [0.29, 0.717) is 257 Å². The first-order valence-electron chi connectivity index (χ1n) is 44.3. The van der Waals surface area contributed by atoms with E-state index in [1.807, 2.05) is 57.7 Å². The molecule has 0 saturated carbocycles. The monoisotopic (exact) mass is 2080 g/mol. The number of primary amides is 1. The van der Waals surface area contributed by atoms with Crippen molar-refractivity contribution < 1.29 is 66.6 Å². The fourth-order valence-corrected chi connectivity index (χ4v) is 14.6. The van der Waals surface area contributed by atoms with Crippen molar-refractivity contribution in [3.63, 3.8) is 0 Å². The minimum Gasteiger partial charge on any atom is -0.495 e. The average molecular weight is 2080 g/mol. The second-order valence-electron chi connectivity index (χ2n) is 30.2. The Hall–Kier alpha value is -15.0. The lowest BCUT2D eigenvalue weighted by Gasteiger charge is -2.39. The van der Waals surface area contributed by atoms with Gasteiger partial charge >= 0.3 is 0 Å². The summed E-state index contributed by atoms with van der Waals surface area (Å²) in [5.74, 6) is 6.67. The molecule has 1 unspecified atom stereocenters. The molecule has 2 fully saturated rings. The normalized spacial score (nSPS) is 12.3. The van der Waals surface area contributed by atoms with E-state index in [4.69, 9.17) is 118 Å². The van der Waals surface area contributed by atoms with Crippen LogP contribution >= 0.6 is 69.6 Å². The number of carbonyl (C=O) groups excluding carboxylic acids is 5. The van der Waals surface area contributed by atoms with Crippen LogP contribution < -0.4 is 118 Å². The van der Waals surface area contributed by atoms with Crippen molar-refractivity contribution in [2.24, 2.45) is 5.73 Å². The minimum atomic E-state index is -0.609. The molecule has 6 aromatic heterocycles. The molecule has 2 saturated heterocycles. The summed E-state index contributed by atoms with van der Waals surface area (Å²) in [6.45, 7) is 14.8. The first kappa shape index (κ1) is 110. The number of nitrogens with one attached hydrogen (secondary N) is 14. The Morgan fingerprint density at radius 1 is 0.427 bits per heavy atom. The summed E-state index contributed by atoms with van der Waals surface area (Å²) in [7, 11) is 17.7. The predicted molar refractivity (Wildman–Crippen MR) is 558 cm³/mol. The first-order chi connectivity index (χ1) is 69.0. The molecule has 758 valence electrons. The van der Waals surface area contributed by atoms with Gasteiger partial charge in [0.15, 0.2) is 5.75 Å². The van der Waals surface area contributed by atoms with Gasteiger partial charge in [-0.25, -0.2) is 29.9 Å². The molecule has 143 heavy (non-hydrogen) atoms. The number of carbonyl (C=O) groups is 5. The number of nitrogens with two attached hydrogens (primary N) is 1. The van der Waals surface area contributed by atoms with Crippen LogP contribution in [0.2, 0.25) is 30.1 Å². The highest BCUT2D eigenvalue weighted by molar-refractivity contribution is 6.34. The molecule has 6 aromatic carbocycles. The summed E-state index contributed by atoms with van der Waals surface area (Å²) in [6, 6.07) is 29.2. The standard InChI is InChI=1S/C30H34Cl2N10O4.C19H23ClN4O4.C16H20ClN5O2.C15H18ClN5O2.C14H16ClN5O2/c1-5-35-28-19(32)14-37-29(41-28)38-20-8-6-16(12-23(20)44-3)22-15-46-11-10-42(22)24-17(26(33)43)7-9-21(25(24)45-4)39-30-36-13-18(31)27(34-2)40-30;1-3-8-28-17-14(20)12-21-19(23-17)22-15-5-4-13(11-16(15)26-2)18(25)24-6-9-27-10-7-24;1-9(2)20-15(23)10-5-6-12(13(7-10)24-4)21-16-19-8-11(17)14(18-3)22-16;1-4-18-14(22)9-5-6-11(12(7-9)23-3)20-15-19-8-10(16)13(17-2)21-15;1-16-12-9(15)7-18-14(20-12)19-10-5-4-8(13(21)17-2)6-11(10)22-3/h6-9,12-14,22H,5,10-11,15H2,1-4H3,(H2,33,43)(H2,34,36,39,40)(H2,35,37,38,41);4-5,11-12H,3,6-10H2,1-2H3,(H,21,22,23);5-9H,1-4H3,(H,20,23)(H2,18,19,21,22);5-8H,4H2,1-3H3,(H,18,22)(H2,17,19,20,21);4-7H,1-3H3,(H,17,21)(H2,16,18,19,20). The van der Waals surface area contributed by atoms with Gasteiger partial charge in [0.2, 0.25) is 41.6 Å². The van der Waals surface area contributed by atoms with E-state index in [9.17, 15) is 24.0 Å². The molecular formula is C94H111Cl6N29O14. The number of anilines is 18. The summed E-state index contributed by atoms with van der Waals surface area (Å²) in [4.78, 5) is 116. The quantitative estimate of drug-likeness (QED) is 0.0173. The lowest BCUT2D eigenvalue weighted by molar-refractivity contribution is 0.0302. The summed E-state index contributed by atoms with van der Waals surface area (Å²) in [5.41, 5.74) is 13.3. The van der Waals surface area contributed by atoms with Gasteiger partial charge in [-0.05, 0) is 137 Å². The van der Waals surface area contributed by atoms with Crippen LogP contribution in [0.15, 0.2) is 140 Å². The Labute approximate surface area is 855 Å². The molecule has 2 aliphatic heterocycles. The van der Waals surface area contributed by atoms with Gasteiger partial charge in [-0.2, -0.15) is 29.9 Å². The predicted octanol–water partition coefficient (Wildman–Crippen LogP) is 16.4. The lowest BCUT2D eigenvalue weighted by Crippen LogP contribution is -2.41. The number of rotatable bonds is 36. The number of halogens is 6. The summed E-state index contributed by atoms with van der Waals surface area (Å²) >= 11 is 36.3. The molecular weight excluding hydrogens is 1970 g/mol. The van der Waals surface area contributed by atoms with Gasteiger partial charge in [0, 0.05) is 96.3 Å². The third-order valence-electron chi connectivity index (χ3n) is 20.4. The van der Waals surface area contributed by atoms with Crippen molar-refractivity contribution >= 4 is 204 Å². The van der Waals surface area contributed by atoms with Gasteiger partial charge in [-0.15, -0.1) is 0 Å². The summed E-state index contributed by atoms with van der Waals surface area (Å²) in [6.07, 6.45) is 9.82. The van der Waals surface area contributed by atoms with E-state index < -0.39 is 5.91 Å². The number of morpholine rings is 2. The zero-order chi connectivity index (χ0) is 103. The Bertz CT molecular complexity index is 6390. The fourth-order valence-electron chi connectivity index (χ4n) is 13.5. The van der Waals surface area contributed by atoms with Crippen molar-refractivity contribution in [3.05, 3.63) is 204 Å². The Morgan fingerprint density at radius 2 is 0.797 bits per heavy atom. The van der Waals surface area contributed by atoms with Gasteiger partial charge in [0.1, 0.15) is 88.0 Å². The van der Waals surface area contributed by atoms with Crippen LogP contribution in [0.1, 0.15) is 104 Å². The molecule has 5 amide bonds. The molecule has 0 radical (unpaired) electrons. The summed E-state index contributed by atoms with van der Waals surface area (Å²) < 4.78 is 49.8. The maximum Gasteiger partial charge on any atom is 0.254 e. The molecule has 0 aliphatic carbocycles. The van der Waals surface area contributed by atoms with E-state index in [1.54, 1.807) is 139 Å². The number of aromatic nitrogens is 12. The minimum absolute atomic E-state index is 0.0499. The second-order valence-corrected chi connectivity index (χ2v) is 32.7. The van der Waals surface area contributed by atoms with Crippen molar-refractivity contribution in [3.8, 4) is 40.4 Å². The number of amides is 5. The molecule has 16 N–H and O–H groups in total. The molecule has 0 bridgehead atoms. The number of hydrogen-bond acceptors (Lipinski definition) is 38. The van der Waals surface area contributed by atoms with Gasteiger partial charge in [-0.1, -0.05) is 82.6 Å². The van der Waals surface area contributed by atoms with Crippen LogP contribution in [0.4, 0.5) is 105 Å². The van der Waals surface area contributed by atoms with E-state index in [2.05, 4.69) is 134 Å². The van der Waals surface area contributed by atoms with Crippen LogP contribution in [-0.2, 0) is 9.47 Å². The SMILES string of the molecule is CCCOc1nc(Nc2ccc(C(=O)N3CCOCC3)cc2OC)ncc1Cl.CCNC(=O)c1ccc(Nc2ncc(Cl)c(NC)n2)c(OC)c1.CCNc1nc(Nc2ccc(C3COCCN3c3c(C(N)=O)ccc(Nc4ncc(Cl)c(NC)n4)c3OC)cc2OC)ncc1Cl.CNC(=O)c1ccc(Nc2ncc(Cl)c(NC)n2)c(OC)c1.CNc1nc(Nc2ccc(C(=O)NC(C)C)cc2OC)ncc1Cl. The fraction of sp³-hybridized carbons (Fsp3) is 0.309. The Kier molecular flexibility index (Phi) is 42.1. The highest BCUT2D eigenvalue weighted by Gasteiger charge is 2.34. The number of benzene rings is 6. The number of nitrogens with zero attached hydrogens (tertiary/aromatic N) is 14. The van der Waals surface area contributed by atoms with Gasteiger partial charge in [-0.3, -0.25) is 24.0 Å². The third-order valence-corrected chi connectivity index (χ3v) is 22.0. The number of ether oxygens (including phenoxy) is 9. The maximum atomic E-state index is 12.8. The average Bonchev–Trinajstić information content (AvgIpc) is 0.761. The largest absolute Gasteiger partial charge is 0.495 e. The number of hydrogen-bond donors (Lipinski definition) is 15. The van der Waals surface area contributed by atoms with Crippen molar-refractivity contribution in [1.82, 2.24) is 80.7 Å². The molecule has 49 heteroatoms. The maximum absolute atomic E-state index is 12.8. The number of methoxy groups -OCH3 is 6. The lowest BCUT2D eigenvalue weighted by atomic mass is 10.00. The Morgan fingerprint density at radius 3 is 1.20 bits per heavy atom. The van der Waals surface area contributed by atoms with E-state index in [-0.39, 0.29) is 47.2 Å². The smallest absolute Gasteiger partial charge is 0.254 e. The topological polar surface area (TPSA) is 524 Å². The van der Waals surface area contributed by atoms with Crippen LogP contribution in [-0.4, -0.2) is 244 Å². The van der Waals surface area contributed by atoms with Crippen LogP contribution in [0, 0.1) is 0 Å². The van der Waals surface area contributed by atoms with E-state index in [0.717, 1.165) is 12.0 Å². The molecule has 12 aromatic rings. The molecule has 8 heterocycles. The first-order valence-corrected chi connectivity index (χ1v) is 46.6. The van der Waals surface area contributed by atoms with Gasteiger partial charge in [0.05, 0.1) is 164 Å². The molecule has 43 nitrogen and oxygen atoms in total. The highest BCUT2D eigenvalue weighted by atomic mass is 35.5. The zero-order valence-corrected chi connectivity index (χ0v) is 85.6. The van der Waals surface area contributed by atoms with E-state index >= 15 is 0 Å². The second kappa shape index (κ2) is 54.7. The van der Waals surface area contributed by atoms with E-state index in [1.165, 1.54) is 65.6 Å². The van der Waals surface area contributed by atoms with Crippen LogP contribution in [0.25, 0.3) is 0 Å². The molecule has 2 aliphatic rings. The summed E-state index contributed by atoms with van der Waals surface area (Å²) in [5, 5.41) is 43.8. The van der Waals surface area contributed by atoms with Crippen molar-refractivity contribution in [2.75, 3.05) is 207 Å². The van der Waals surface area contributed by atoms with Crippen molar-refractivity contribution in [1.29, 1.82) is 0 Å². The Balaban J connectivity index is 0.000000190.